The average molecular weight is 275 g/mol. The second-order valence-electron chi connectivity index (χ2n) is 4.81. The summed E-state index contributed by atoms with van der Waals surface area (Å²) >= 11 is 0. The molecule has 1 aromatic carbocycles. The highest BCUT2D eigenvalue weighted by atomic mass is 19.4. The second kappa shape index (κ2) is 6.39. The van der Waals surface area contributed by atoms with Crippen molar-refractivity contribution in [3.8, 4) is 0 Å². The van der Waals surface area contributed by atoms with E-state index in [1.165, 1.54) is 7.05 Å². The molecule has 0 aliphatic carbocycles. The molecule has 1 rings (SSSR count). The molecule has 5 heteroatoms. The van der Waals surface area contributed by atoms with Gasteiger partial charge in [0.1, 0.15) is 0 Å². The van der Waals surface area contributed by atoms with E-state index in [0.29, 0.717) is 5.56 Å². The zero-order chi connectivity index (χ0) is 14.6. The van der Waals surface area contributed by atoms with Crippen LogP contribution in [0.5, 0.6) is 0 Å². The first-order valence-corrected chi connectivity index (χ1v) is 6.28. The van der Waals surface area contributed by atoms with Crippen LogP contribution in [-0.2, 0) is 6.42 Å². The van der Waals surface area contributed by atoms with E-state index in [1.807, 2.05) is 19.1 Å². The number of aliphatic hydroxyl groups is 1. The van der Waals surface area contributed by atoms with Gasteiger partial charge in [-0.1, -0.05) is 31.2 Å². The molecule has 0 radical (unpaired) electrons. The molecule has 0 spiro atoms. The zero-order valence-corrected chi connectivity index (χ0v) is 11.4. The Morgan fingerprint density at radius 2 is 1.74 bits per heavy atom. The normalized spacial score (nSPS) is 15.6. The van der Waals surface area contributed by atoms with Gasteiger partial charge in [-0.15, -0.1) is 0 Å². The predicted octanol–water partition coefficient (Wildman–Crippen LogP) is 3.17. The Morgan fingerprint density at radius 3 is 2.16 bits per heavy atom. The largest absolute Gasteiger partial charge is 0.401 e. The van der Waals surface area contributed by atoms with Gasteiger partial charge >= 0.3 is 6.18 Å². The first-order chi connectivity index (χ1) is 8.74. The van der Waals surface area contributed by atoms with Crippen molar-refractivity contribution in [2.24, 2.45) is 0 Å². The van der Waals surface area contributed by atoms with Crippen LogP contribution in [0.15, 0.2) is 24.3 Å². The molecule has 1 N–H and O–H groups in total. The number of aliphatic hydroxyl groups excluding tert-OH is 1. The van der Waals surface area contributed by atoms with Gasteiger partial charge in [-0.05, 0) is 31.5 Å². The van der Waals surface area contributed by atoms with E-state index in [0.717, 1.165) is 16.9 Å². The maximum Gasteiger partial charge on any atom is 0.401 e. The van der Waals surface area contributed by atoms with Gasteiger partial charge in [0.05, 0.1) is 12.6 Å². The molecule has 0 bridgehead atoms. The summed E-state index contributed by atoms with van der Waals surface area (Å²) in [7, 11) is 1.36. The number of alkyl halides is 3. The lowest BCUT2D eigenvalue weighted by Gasteiger charge is -2.29. The van der Waals surface area contributed by atoms with Crippen molar-refractivity contribution in [2.75, 3.05) is 13.6 Å². The summed E-state index contributed by atoms with van der Waals surface area (Å²) in [5.41, 5.74) is 1.77. The summed E-state index contributed by atoms with van der Waals surface area (Å²) in [6, 6.07) is 6.70. The Hall–Kier alpha value is -1.07. The van der Waals surface area contributed by atoms with Gasteiger partial charge in [0.25, 0.3) is 0 Å². The molecule has 108 valence electrons. The molecular weight excluding hydrogens is 255 g/mol. The lowest BCUT2D eigenvalue weighted by molar-refractivity contribution is -0.151. The third-order valence-corrected chi connectivity index (χ3v) is 3.31. The van der Waals surface area contributed by atoms with Crippen LogP contribution in [0.4, 0.5) is 13.2 Å². The van der Waals surface area contributed by atoms with Crippen molar-refractivity contribution >= 4 is 0 Å². The van der Waals surface area contributed by atoms with Crippen molar-refractivity contribution in [1.29, 1.82) is 0 Å². The van der Waals surface area contributed by atoms with Gasteiger partial charge in [0.15, 0.2) is 0 Å². The minimum Gasteiger partial charge on any atom is -0.387 e. The molecule has 2 atom stereocenters. The lowest BCUT2D eigenvalue weighted by Crippen LogP contribution is -2.40. The second-order valence-corrected chi connectivity index (χ2v) is 4.81. The van der Waals surface area contributed by atoms with Crippen LogP contribution >= 0.6 is 0 Å². The molecule has 0 heterocycles. The quantitative estimate of drug-likeness (QED) is 0.892. The van der Waals surface area contributed by atoms with Crippen LogP contribution in [0, 0.1) is 0 Å². The summed E-state index contributed by atoms with van der Waals surface area (Å²) in [5, 5.41) is 10.1. The van der Waals surface area contributed by atoms with Gasteiger partial charge in [0, 0.05) is 6.04 Å². The summed E-state index contributed by atoms with van der Waals surface area (Å²) in [4.78, 5) is 1.11. The lowest BCUT2D eigenvalue weighted by atomic mass is 10.0. The molecule has 0 aliphatic rings. The Kier molecular flexibility index (Phi) is 5.38. The summed E-state index contributed by atoms with van der Waals surface area (Å²) in [6.07, 6.45) is -4.30. The number of likely N-dealkylation sites (N-methyl/N-ethyl adjacent to an activating group) is 1. The van der Waals surface area contributed by atoms with Gasteiger partial charge in [-0.25, -0.2) is 0 Å². The molecule has 0 fully saturated rings. The highest BCUT2D eigenvalue weighted by Crippen LogP contribution is 2.24. The Bertz CT molecular complexity index is 389. The highest BCUT2D eigenvalue weighted by Gasteiger charge is 2.32. The molecule has 2 nitrogen and oxygen atoms in total. The minimum absolute atomic E-state index is 0.603. The number of benzene rings is 1. The standard InChI is InChI=1S/C14H20F3NO/c1-4-11-5-7-12(8-6-11)13(19)10(2)18(3)9-14(15,16)17/h5-8,10,13,19H,4,9H2,1-3H3. The average Bonchev–Trinajstić information content (AvgIpc) is 2.35. The molecule has 2 unspecified atom stereocenters. The predicted molar refractivity (Wildman–Crippen MR) is 68.9 cm³/mol. The maximum atomic E-state index is 12.3. The monoisotopic (exact) mass is 275 g/mol. The number of hydrogen-bond acceptors (Lipinski definition) is 2. The van der Waals surface area contributed by atoms with Gasteiger partial charge in [0.2, 0.25) is 0 Å². The van der Waals surface area contributed by atoms with Crippen LogP contribution in [0.25, 0.3) is 0 Å². The summed E-state index contributed by atoms with van der Waals surface area (Å²) < 4.78 is 36.9. The third kappa shape index (κ3) is 4.84. The van der Waals surface area contributed by atoms with E-state index in [1.54, 1.807) is 19.1 Å². The van der Waals surface area contributed by atoms with E-state index in [2.05, 4.69) is 0 Å². The van der Waals surface area contributed by atoms with E-state index >= 15 is 0 Å². The number of rotatable bonds is 5. The fourth-order valence-electron chi connectivity index (χ4n) is 1.90. The van der Waals surface area contributed by atoms with Gasteiger partial charge < -0.3 is 5.11 Å². The van der Waals surface area contributed by atoms with E-state index in [4.69, 9.17) is 0 Å². The molecule has 0 saturated heterocycles. The first-order valence-electron chi connectivity index (χ1n) is 6.28. The van der Waals surface area contributed by atoms with Crippen molar-refractivity contribution in [1.82, 2.24) is 4.90 Å². The van der Waals surface area contributed by atoms with Crippen LogP contribution in [-0.4, -0.2) is 35.8 Å². The van der Waals surface area contributed by atoms with Crippen LogP contribution < -0.4 is 0 Å². The van der Waals surface area contributed by atoms with E-state index < -0.39 is 24.9 Å². The van der Waals surface area contributed by atoms with E-state index in [9.17, 15) is 18.3 Å². The van der Waals surface area contributed by atoms with Crippen LogP contribution in [0.1, 0.15) is 31.1 Å². The first kappa shape index (κ1) is 16.0. The van der Waals surface area contributed by atoms with Crippen molar-refractivity contribution in [2.45, 2.75) is 38.6 Å². The Labute approximate surface area is 111 Å². The topological polar surface area (TPSA) is 23.5 Å². The number of aryl methyl sites for hydroxylation is 1. The smallest absolute Gasteiger partial charge is 0.387 e. The molecule has 0 aromatic heterocycles. The molecular formula is C14H20F3NO. The fourth-order valence-corrected chi connectivity index (χ4v) is 1.90. The molecule has 0 saturated carbocycles. The Morgan fingerprint density at radius 1 is 1.21 bits per heavy atom. The molecule has 0 amide bonds. The summed E-state index contributed by atoms with van der Waals surface area (Å²) in [6.45, 7) is 2.58. The molecule has 1 aromatic rings. The van der Waals surface area contributed by atoms with Crippen molar-refractivity contribution < 1.29 is 18.3 Å². The number of nitrogens with zero attached hydrogens (tertiary/aromatic N) is 1. The van der Waals surface area contributed by atoms with Gasteiger partial charge in [-0.2, -0.15) is 13.2 Å². The fraction of sp³-hybridized carbons (Fsp3) is 0.571. The highest BCUT2D eigenvalue weighted by molar-refractivity contribution is 5.24. The summed E-state index contributed by atoms with van der Waals surface area (Å²) in [5.74, 6) is 0. The van der Waals surface area contributed by atoms with Crippen molar-refractivity contribution in [3.63, 3.8) is 0 Å². The maximum absolute atomic E-state index is 12.3. The minimum atomic E-state index is -4.26. The molecule has 19 heavy (non-hydrogen) atoms. The number of hydrogen-bond donors (Lipinski definition) is 1. The zero-order valence-electron chi connectivity index (χ0n) is 11.4. The van der Waals surface area contributed by atoms with E-state index in [-0.39, 0.29) is 0 Å². The number of halogens is 3. The van der Waals surface area contributed by atoms with Gasteiger partial charge in [-0.3, -0.25) is 4.90 Å². The third-order valence-electron chi connectivity index (χ3n) is 3.31. The van der Waals surface area contributed by atoms with Crippen molar-refractivity contribution in [3.05, 3.63) is 35.4 Å². The Balaban J connectivity index is 2.72. The SMILES string of the molecule is CCc1ccc(C(O)C(C)N(C)CC(F)(F)F)cc1. The van der Waals surface area contributed by atoms with Crippen LogP contribution in [0.3, 0.4) is 0 Å². The van der Waals surface area contributed by atoms with Crippen LogP contribution in [0.2, 0.25) is 0 Å². The molecule has 0 aliphatic heterocycles.